The Kier molecular flexibility index (Phi) is 4.05. The van der Waals surface area contributed by atoms with Gasteiger partial charge in [-0.2, -0.15) is 0 Å². The number of carbonyl (C=O) groups excluding carboxylic acids is 1. The van der Waals surface area contributed by atoms with Crippen molar-refractivity contribution in [1.82, 2.24) is 9.97 Å². The normalized spacial score (nSPS) is 11.1. The number of nitrogens with one attached hydrogen (secondary N) is 1. The van der Waals surface area contributed by atoms with Crippen molar-refractivity contribution in [2.24, 2.45) is 0 Å². The number of aromatic hydroxyl groups is 1. The number of nitrogens with zero attached hydrogens (tertiary/aromatic N) is 2. The van der Waals surface area contributed by atoms with E-state index in [1.165, 1.54) is 5.39 Å². The fraction of sp³-hybridized carbons (Fsp3) is 0.143. The number of aromatic amines is 1. The minimum atomic E-state index is 0.0107. The van der Waals surface area contributed by atoms with E-state index in [0.717, 1.165) is 27.8 Å². The largest absolute Gasteiger partial charge is 0.508 e. The number of aryl methyl sites for hydroxylation is 1. The Morgan fingerprint density at radius 2 is 1.85 bits per heavy atom. The van der Waals surface area contributed by atoms with Crippen molar-refractivity contribution in [3.63, 3.8) is 0 Å². The van der Waals surface area contributed by atoms with Crippen LogP contribution in [0.25, 0.3) is 21.8 Å². The molecule has 5 nitrogen and oxygen atoms in total. The molecule has 2 heterocycles. The van der Waals surface area contributed by atoms with Gasteiger partial charge in [-0.3, -0.25) is 9.78 Å². The Morgan fingerprint density at radius 1 is 1.08 bits per heavy atom. The van der Waals surface area contributed by atoms with Gasteiger partial charge in [-0.15, -0.1) is 0 Å². The topological polar surface area (TPSA) is 69.2 Å². The zero-order valence-corrected chi connectivity index (χ0v) is 14.4. The monoisotopic (exact) mass is 345 g/mol. The molecule has 4 aromatic rings. The van der Waals surface area contributed by atoms with E-state index in [9.17, 15) is 9.90 Å². The Bertz CT molecular complexity index is 1080. The lowest BCUT2D eigenvalue weighted by molar-refractivity contribution is -0.118. The number of pyridine rings is 1. The summed E-state index contributed by atoms with van der Waals surface area (Å²) >= 11 is 0. The van der Waals surface area contributed by atoms with Gasteiger partial charge in [0.2, 0.25) is 5.91 Å². The van der Waals surface area contributed by atoms with Gasteiger partial charge in [-0.1, -0.05) is 18.2 Å². The lowest BCUT2D eigenvalue weighted by atomic mass is 10.1. The van der Waals surface area contributed by atoms with Crippen molar-refractivity contribution in [2.45, 2.75) is 12.8 Å². The number of aromatic nitrogens is 2. The lowest BCUT2D eigenvalue weighted by Gasteiger charge is -2.17. The maximum Gasteiger partial charge on any atom is 0.227 e. The van der Waals surface area contributed by atoms with E-state index in [4.69, 9.17) is 0 Å². The number of hydrogen-bond acceptors (Lipinski definition) is 3. The van der Waals surface area contributed by atoms with Crippen molar-refractivity contribution in [3.05, 3.63) is 66.5 Å². The molecule has 0 spiro atoms. The van der Waals surface area contributed by atoms with Crippen LogP contribution in [0.2, 0.25) is 0 Å². The molecule has 0 saturated heterocycles. The number of carbonyl (C=O) groups is 1. The van der Waals surface area contributed by atoms with Crippen molar-refractivity contribution in [1.29, 1.82) is 0 Å². The van der Waals surface area contributed by atoms with Crippen LogP contribution < -0.4 is 4.90 Å². The van der Waals surface area contributed by atoms with E-state index in [2.05, 4.69) is 22.1 Å². The van der Waals surface area contributed by atoms with Crippen LogP contribution in [-0.2, 0) is 11.2 Å². The van der Waals surface area contributed by atoms with E-state index in [1.807, 2.05) is 24.4 Å². The Hall–Kier alpha value is -3.34. The summed E-state index contributed by atoms with van der Waals surface area (Å²) in [4.78, 5) is 21.9. The number of hydrogen-bond donors (Lipinski definition) is 2. The number of phenolic OH excluding ortho intramolecular Hbond substituents is 1. The number of anilines is 1. The summed E-state index contributed by atoms with van der Waals surface area (Å²) < 4.78 is 0. The van der Waals surface area contributed by atoms with Crippen molar-refractivity contribution in [2.75, 3.05) is 11.9 Å². The average molecular weight is 345 g/mol. The van der Waals surface area contributed by atoms with Gasteiger partial charge in [0.25, 0.3) is 0 Å². The number of H-pyrrole nitrogens is 1. The fourth-order valence-corrected chi connectivity index (χ4v) is 3.15. The summed E-state index contributed by atoms with van der Waals surface area (Å²) in [7, 11) is 1.74. The number of phenols is 1. The second-order valence-corrected chi connectivity index (χ2v) is 6.36. The van der Waals surface area contributed by atoms with Gasteiger partial charge in [0.15, 0.2) is 0 Å². The SMILES string of the molecule is CN(C(=O)CCc1cc2c(cn1)[nH]c1ccccc12)c1ccc(O)cc1. The molecule has 0 radical (unpaired) electrons. The molecule has 0 aliphatic heterocycles. The minimum absolute atomic E-state index is 0.0107. The molecule has 0 fully saturated rings. The smallest absolute Gasteiger partial charge is 0.227 e. The van der Waals surface area contributed by atoms with Gasteiger partial charge in [0.05, 0.1) is 11.7 Å². The summed E-state index contributed by atoms with van der Waals surface area (Å²) in [5.74, 6) is 0.197. The molecule has 0 atom stereocenters. The van der Waals surface area contributed by atoms with Gasteiger partial charge in [-0.25, -0.2) is 0 Å². The first-order valence-electron chi connectivity index (χ1n) is 8.53. The number of rotatable bonds is 4. The molecule has 2 aromatic heterocycles. The van der Waals surface area contributed by atoms with Crippen LogP contribution in [-0.4, -0.2) is 28.0 Å². The van der Waals surface area contributed by atoms with Gasteiger partial charge in [0.1, 0.15) is 5.75 Å². The summed E-state index contributed by atoms with van der Waals surface area (Å²) in [6.45, 7) is 0. The minimum Gasteiger partial charge on any atom is -0.508 e. The number of fused-ring (bicyclic) bond motifs is 3. The third-order valence-corrected chi connectivity index (χ3v) is 4.65. The van der Waals surface area contributed by atoms with E-state index in [1.54, 1.807) is 36.2 Å². The van der Waals surface area contributed by atoms with Gasteiger partial charge in [0, 0.05) is 41.1 Å². The molecule has 0 unspecified atom stereocenters. The third kappa shape index (κ3) is 2.99. The number of amides is 1. The molecule has 0 bridgehead atoms. The second kappa shape index (κ2) is 6.52. The van der Waals surface area contributed by atoms with Gasteiger partial charge < -0.3 is 15.0 Å². The molecular weight excluding hydrogens is 326 g/mol. The summed E-state index contributed by atoms with van der Waals surface area (Å²) in [5.41, 5.74) is 3.75. The van der Waals surface area contributed by atoms with Crippen LogP contribution in [0.1, 0.15) is 12.1 Å². The van der Waals surface area contributed by atoms with Crippen LogP contribution in [0.15, 0.2) is 60.8 Å². The Morgan fingerprint density at radius 3 is 2.65 bits per heavy atom. The van der Waals surface area contributed by atoms with Gasteiger partial charge >= 0.3 is 0 Å². The van der Waals surface area contributed by atoms with Crippen LogP contribution in [0.5, 0.6) is 5.75 Å². The van der Waals surface area contributed by atoms with E-state index < -0.39 is 0 Å². The highest BCUT2D eigenvalue weighted by Gasteiger charge is 2.12. The van der Waals surface area contributed by atoms with Crippen LogP contribution in [0.3, 0.4) is 0 Å². The second-order valence-electron chi connectivity index (χ2n) is 6.36. The molecule has 2 N–H and O–H groups in total. The molecule has 2 aromatic carbocycles. The number of benzene rings is 2. The zero-order chi connectivity index (χ0) is 18.1. The fourth-order valence-electron chi connectivity index (χ4n) is 3.15. The van der Waals surface area contributed by atoms with Crippen molar-refractivity contribution < 1.29 is 9.90 Å². The molecule has 26 heavy (non-hydrogen) atoms. The van der Waals surface area contributed by atoms with Crippen LogP contribution >= 0.6 is 0 Å². The molecule has 130 valence electrons. The number of para-hydroxylation sites is 1. The van der Waals surface area contributed by atoms with Crippen molar-refractivity contribution >= 4 is 33.4 Å². The third-order valence-electron chi connectivity index (χ3n) is 4.65. The van der Waals surface area contributed by atoms with Gasteiger partial charge in [-0.05, 0) is 42.8 Å². The highest BCUT2D eigenvalue weighted by atomic mass is 16.3. The molecule has 5 heteroatoms. The molecule has 0 aliphatic carbocycles. The van der Waals surface area contributed by atoms with E-state index in [0.29, 0.717) is 12.8 Å². The Balaban J connectivity index is 1.51. The quantitative estimate of drug-likeness (QED) is 0.587. The predicted octanol–water partition coefficient (Wildman–Crippen LogP) is 4.02. The van der Waals surface area contributed by atoms with E-state index in [-0.39, 0.29) is 11.7 Å². The first kappa shape index (κ1) is 16.1. The van der Waals surface area contributed by atoms with E-state index >= 15 is 0 Å². The highest BCUT2D eigenvalue weighted by Crippen LogP contribution is 2.25. The summed E-state index contributed by atoms with van der Waals surface area (Å²) in [6.07, 6.45) is 2.79. The molecular formula is C21H19N3O2. The van der Waals surface area contributed by atoms with Crippen LogP contribution in [0.4, 0.5) is 5.69 Å². The molecule has 4 rings (SSSR count). The van der Waals surface area contributed by atoms with Crippen LogP contribution in [0, 0.1) is 0 Å². The highest BCUT2D eigenvalue weighted by molar-refractivity contribution is 6.07. The maximum absolute atomic E-state index is 12.5. The summed E-state index contributed by atoms with van der Waals surface area (Å²) in [5, 5.41) is 11.7. The summed E-state index contributed by atoms with van der Waals surface area (Å²) in [6, 6.07) is 16.8. The molecule has 1 amide bonds. The first-order valence-corrected chi connectivity index (χ1v) is 8.53. The zero-order valence-electron chi connectivity index (χ0n) is 14.4. The molecule has 0 saturated carbocycles. The lowest BCUT2D eigenvalue weighted by Crippen LogP contribution is -2.26. The maximum atomic E-state index is 12.5. The predicted molar refractivity (Wildman–Crippen MR) is 103 cm³/mol. The first-order chi connectivity index (χ1) is 12.6. The van der Waals surface area contributed by atoms with Crippen molar-refractivity contribution in [3.8, 4) is 5.75 Å². The molecule has 0 aliphatic rings. The average Bonchev–Trinajstić information content (AvgIpc) is 3.04. The standard InChI is InChI=1S/C21H19N3O2/c1-24(15-7-9-16(25)10-8-15)21(26)11-6-14-12-18-17-4-2-3-5-19(17)23-20(18)13-22-14/h2-5,7-10,12-13,23,25H,6,11H2,1H3. The Labute approximate surface area is 150 Å².